The number of carboxylic acids is 1. The Kier molecular flexibility index (Phi) is 7.63. The zero-order chi connectivity index (χ0) is 15.9. The Bertz CT molecular complexity index is 315. The van der Waals surface area contributed by atoms with Crippen molar-refractivity contribution in [2.24, 2.45) is 0 Å². The summed E-state index contributed by atoms with van der Waals surface area (Å²) in [6, 6.07) is 0. The largest absolute Gasteiger partial charge is 0.480 e. The van der Waals surface area contributed by atoms with Crippen LogP contribution in [0.25, 0.3) is 0 Å². The molecule has 21 heavy (non-hydrogen) atoms. The molecule has 2 N–H and O–H groups in total. The second kappa shape index (κ2) is 8.71. The summed E-state index contributed by atoms with van der Waals surface area (Å²) in [5.74, 6) is -0.720. The van der Waals surface area contributed by atoms with Gasteiger partial charge in [0, 0.05) is 13.1 Å². The van der Waals surface area contributed by atoms with E-state index >= 15 is 0 Å². The molecule has 0 amide bonds. The fourth-order valence-electron chi connectivity index (χ4n) is 3.16. The summed E-state index contributed by atoms with van der Waals surface area (Å²) in [5.41, 5.74) is -0.764. The van der Waals surface area contributed by atoms with E-state index < -0.39 is 11.5 Å². The van der Waals surface area contributed by atoms with E-state index in [0.717, 1.165) is 39.0 Å². The first-order valence-electron chi connectivity index (χ1n) is 8.29. The number of morpholine rings is 1. The van der Waals surface area contributed by atoms with Crippen molar-refractivity contribution in [3.05, 3.63) is 0 Å². The van der Waals surface area contributed by atoms with Crippen LogP contribution in [0.4, 0.5) is 0 Å². The van der Waals surface area contributed by atoms with E-state index in [1.54, 1.807) is 0 Å². The summed E-state index contributed by atoms with van der Waals surface area (Å²) in [6.07, 6.45) is 3.69. The van der Waals surface area contributed by atoms with Gasteiger partial charge in [0.05, 0.1) is 12.2 Å². The normalized spacial score (nSPS) is 26.5. The molecular formula is C16H32N2O3. The van der Waals surface area contributed by atoms with Crippen LogP contribution in [0.15, 0.2) is 0 Å². The van der Waals surface area contributed by atoms with Gasteiger partial charge in [0.2, 0.25) is 0 Å². The molecule has 0 saturated carbocycles. The van der Waals surface area contributed by atoms with Gasteiger partial charge >= 0.3 is 5.97 Å². The van der Waals surface area contributed by atoms with Crippen LogP contribution < -0.4 is 5.32 Å². The number of hydrogen-bond donors (Lipinski definition) is 2. The summed E-state index contributed by atoms with van der Waals surface area (Å²) in [7, 11) is 0. The molecule has 124 valence electrons. The number of carboxylic acid groups (broad SMARTS) is 1. The topological polar surface area (TPSA) is 61.8 Å². The Labute approximate surface area is 129 Å². The first-order chi connectivity index (χ1) is 9.93. The molecule has 0 aromatic heterocycles. The summed E-state index contributed by atoms with van der Waals surface area (Å²) >= 11 is 0. The monoisotopic (exact) mass is 300 g/mol. The molecule has 1 heterocycles. The quantitative estimate of drug-likeness (QED) is 0.683. The van der Waals surface area contributed by atoms with Crippen molar-refractivity contribution in [3.63, 3.8) is 0 Å². The van der Waals surface area contributed by atoms with E-state index in [1.807, 2.05) is 6.92 Å². The molecule has 1 aliphatic heterocycles. The third kappa shape index (κ3) is 5.57. The second-order valence-corrected chi connectivity index (χ2v) is 6.29. The van der Waals surface area contributed by atoms with Crippen molar-refractivity contribution >= 4 is 5.97 Å². The lowest BCUT2D eigenvalue weighted by Crippen LogP contribution is -2.52. The van der Waals surface area contributed by atoms with Crippen LogP contribution in [0.1, 0.15) is 53.4 Å². The van der Waals surface area contributed by atoms with Crippen molar-refractivity contribution in [1.82, 2.24) is 10.2 Å². The third-order valence-electron chi connectivity index (χ3n) is 4.30. The molecule has 0 radical (unpaired) electrons. The molecule has 0 bridgehead atoms. The SMILES string of the molecule is CCCNC(CC)(CCCN1CC(C)OC(C)C1)C(=O)O. The number of hydrogen-bond acceptors (Lipinski definition) is 4. The maximum Gasteiger partial charge on any atom is 0.323 e. The smallest absolute Gasteiger partial charge is 0.323 e. The summed E-state index contributed by atoms with van der Waals surface area (Å²) in [6.45, 7) is 11.8. The van der Waals surface area contributed by atoms with Gasteiger partial charge in [-0.1, -0.05) is 13.8 Å². The third-order valence-corrected chi connectivity index (χ3v) is 4.30. The molecule has 0 aromatic rings. The van der Waals surface area contributed by atoms with Gasteiger partial charge in [0.1, 0.15) is 5.54 Å². The zero-order valence-electron chi connectivity index (χ0n) is 14.0. The van der Waals surface area contributed by atoms with Gasteiger partial charge in [-0.05, 0) is 52.6 Å². The predicted molar refractivity (Wildman–Crippen MR) is 84.6 cm³/mol. The van der Waals surface area contributed by atoms with Crippen LogP contribution in [0.3, 0.4) is 0 Å². The Balaban J connectivity index is 2.47. The van der Waals surface area contributed by atoms with Gasteiger partial charge in [0.25, 0.3) is 0 Å². The molecular weight excluding hydrogens is 268 g/mol. The first-order valence-corrected chi connectivity index (χ1v) is 8.29. The Morgan fingerprint density at radius 1 is 1.33 bits per heavy atom. The van der Waals surface area contributed by atoms with Gasteiger partial charge in [-0.15, -0.1) is 0 Å². The van der Waals surface area contributed by atoms with Crippen LogP contribution >= 0.6 is 0 Å². The molecule has 1 saturated heterocycles. The molecule has 3 unspecified atom stereocenters. The molecule has 1 fully saturated rings. The number of nitrogens with zero attached hydrogens (tertiary/aromatic N) is 1. The van der Waals surface area contributed by atoms with Crippen LogP contribution in [0.5, 0.6) is 0 Å². The average Bonchev–Trinajstić information content (AvgIpc) is 2.41. The number of aliphatic carboxylic acids is 1. The molecule has 5 nitrogen and oxygen atoms in total. The zero-order valence-corrected chi connectivity index (χ0v) is 14.0. The van der Waals surface area contributed by atoms with E-state index in [-0.39, 0.29) is 12.2 Å². The lowest BCUT2D eigenvalue weighted by Gasteiger charge is -2.36. The lowest BCUT2D eigenvalue weighted by molar-refractivity contribution is -0.145. The highest BCUT2D eigenvalue weighted by atomic mass is 16.5. The van der Waals surface area contributed by atoms with Gasteiger partial charge in [-0.25, -0.2) is 0 Å². The highest BCUT2D eigenvalue weighted by Crippen LogP contribution is 2.20. The molecule has 0 spiro atoms. The number of nitrogens with one attached hydrogen (secondary N) is 1. The van der Waals surface area contributed by atoms with Gasteiger partial charge in [0.15, 0.2) is 0 Å². The molecule has 1 aliphatic rings. The van der Waals surface area contributed by atoms with Crippen LogP contribution in [0, 0.1) is 0 Å². The molecule has 5 heteroatoms. The average molecular weight is 300 g/mol. The Hall–Kier alpha value is -0.650. The maximum absolute atomic E-state index is 11.6. The van der Waals surface area contributed by atoms with Crippen molar-refractivity contribution < 1.29 is 14.6 Å². The summed E-state index contributed by atoms with van der Waals surface area (Å²) < 4.78 is 5.73. The minimum Gasteiger partial charge on any atom is -0.480 e. The lowest BCUT2D eigenvalue weighted by atomic mass is 9.90. The fraction of sp³-hybridized carbons (Fsp3) is 0.938. The fourth-order valence-corrected chi connectivity index (χ4v) is 3.16. The minimum absolute atomic E-state index is 0.266. The minimum atomic E-state index is -0.764. The molecule has 0 aliphatic carbocycles. The second-order valence-electron chi connectivity index (χ2n) is 6.29. The van der Waals surface area contributed by atoms with Crippen molar-refractivity contribution in [2.75, 3.05) is 26.2 Å². The highest BCUT2D eigenvalue weighted by Gasteiger charge is 2.35. The van der Waals surface area contributed by atoms with Gasteiger partial charge < -0.3 is 15.2 Å². The maximum atomic E-state index is 11.6. The first kappa shape index (κ1) is 18.4. The predicted octanol–water partition coefficient (Wildman–Crippen LogP) is 2.11. The number of rotatable bonds is 9. The Morgan fingerprint density at radius 3 is 2.43 bits per heavy atom. The van der Waals surface area contributed by atoms with Crippen molar-refractivity contribution in [2.45, 2.75) is 71.1 Å². The van der Waals surface area contributed by atoms with E-state index in [2.05, 4.69) is 31.0 Å². The molecule has 1 rings (SSSR count). The van der Waals surface area contributed by atoms with Crippen LogP contribution in [-0.4, -0.2) is 59.9 Å². The van der Waals surface area contributed by atoms with Crippen molar-refractivity contribution in [3.8, 4) is 0 Å². The van der Waals surface area contributed by atoms with Gasteiger partial charge in [-0.3, -0.25) is 9.69 Å². The van der Waals surface area contributed by atoms with E-state index in [0.29, 0.717) is 12.8 Å². The van der Waals surface area contributed by atoms with E-state index in [9.17, 15) is 9.90 Å². The van der Waals surface area contributed by atoms with Gasteiger partial charge in [-0.2, -0.15) is 0 Å². The summed E-state index contributed by atoms with van der Waals surface area (Å²) in [4.78, 5) is 14.0. The molecule has 0 aromatic carbocycles. The number of carbonyl (C=O) groups is 1. The van der Waals surface area contributed by atoms with Crippen molar-refractivity contribution in [1.29, 1.82) is 0 Å². The Morgan fingerprint density at radius 2 is 1.95 bits per heavy atom. The summed E-state index contributed by atoms with van der Waals surface area (Å²) in [5, 5.41) is 12.8. The standard InChI is InChI=1S/C16H32N2O3/c1-5-9-17-16(6-2,15(19)20)8-7-10-18-11-13(3)21-14(4)12-18/h13-14,17H,5-12H2,1-4H3,(H,19,20). The van der Waals surface area contributed by atoms with E-state index in [4.69, 9.17) is 4.74 Å². The highest BCUT2D eigenvalue weighted by molar-refractivity contribution is 5.78. The molecule has 3 atom stereocenters. The van der Waals surface area contributed by atoms with Crippen LogP contribution in [0.2, 0.25) is 0 Å². The van der Waals surface area contributed by atoms with Crippen LogP contribution in [-0.2, 0) is 9.53 Å². The van der Waals surface area contributed by atoms with E-state index in [1.165, 1.54) is 0 Å². The number of ether oxygens (including phenoxy) is 1.